The molecule has 0 aliphatic carbocycles. The normalized spacial score (nSPS) is 20.7. The summed E-state index contributed by atoms with van der Waals surface area (Å²) in [5.41, 5.74) is 0. The molecule has 0 radical (unpaired) electrons. The molecule has 4 heteroatoms. The number of nitrogens with one attached hydrogen (secondary N) is 1. The fraction of sp³-hybridized carbons (Fsp3) is 0.714. The lowest BCUT2D eigenvalue weighted by Gasteiger charge is -2.13. The number of ether oxygens (including phenoxy) is 1. The lowest BCUT2D eigenvalue weighted by Crippen LogP contribution is -2.21. The Morgan fingerprint density at radius 3 is 3.00 bits per heavy atom. The second kappa shape index (κ2) is 7.24. The van der Waals surface area contributed by atoms with Gasteiger partial charge in [0, 0.05) is 43.0 Å². The maximum atomic E-state index is 5.40. The number of nitrogens with zero attached hydrogens (tertiary/aromatic N) is 1. The van der Waals surface area contributed by atoms with Gasteiger partial charge in [-0.05, 0) is 31.5 Å². The summed E-state index contributed by atoms with van der Waals surface area (Å²) < 4.78 is 5.40. The van der Waals surface area contributed by atoms with Crippen LogP contribution in [0.5, 0.6) is 0 Å². The zero-order valence-corrected chi connectivity index (χ0v) is 12.3. The van der Waals surface area contributed by atoms with Gasteiger partial charge in [0.2, 0.25) is 0 Å². The second-order valence-corrected chi connectivity index (χ2v) is 6.18. The summed E-state index contributed by atoms with van der Waals surface area (Å²) in [4.78, 5) is 5.41. The molecular weight excluding hydrogens is 244 g/mol. The lowest BCUT2D eigenvalue weighted by atomic mass is 10.3. The Kier molecular flexibility index (Phi) is 5.63. The summed E-state index contributed by atoms with van der Waals surface area (Å²) in [5, 5.41) is 3.45. The SMILES string of the molecule is CCCNCc1ccc(CN2CCC(OC)C2)s1. The predicted octanol–water partition coefficient (Wildman–Crippen LogP) is 2.47. The van der Waals surface area contributed by atoms with E-state index in [9.17, 15) is 0 Å². The van der Waals surface area contributed by atoms with Crippen LogP contribution in [0.1, 0.15) is 29.5 Å². The van der Waals surface area contributed by atoms with Crippen LogP contribution in [0.2, 0.25) is 0 Å². The minimum Gasteiger partial charge on any atom is -0.380 e. The van der Waals surface area contributed by atoms with E-state index >= 15 is 0 Å². The molecule has 1 aliphatic rings. The second-order valence-electron chi connectivity index (χ2n) is 4.93. The highest BCUT2D eigenvalue weighted by atomic mass is 32.1. The maximum Gasteiger partial charge on any atom is 0.0710 e. The van der Waals surface area contributed by atoms with Crippen LogP contribution in [0.4, 0.5) is 0 Å². The monoisotopic (exact) mass is 268 g/mol. The van der Waals surface area contributed by atoms with Gasteiger partial charge in [-0.3, -0.25) is 4.90 Å². The zero-order valence-electron chi connectivity index (χ0n) is 11.4. The van der Waals surface area contributed by atoms with Crippen LogP contribution in [0, 0.1) is 0 Å². The Balaban J connectivity index is 1.76. The van der Waals surface area contributed by atoms with Crippen molar-refractivity contribution < 1.29 is 4.74 Å². The molecule has 0 saturated carbocycles. The molecule has 1 aromatic rings. The minimum absolute atomic E-state index is 0.440. The first-order chi connectivity index (χ1) is 8.81. The molecule has 1 aliphatic heterocycles. The van der Waals surface area contributed by atoms with Crippen molar-refractivity contribution >= 4 is 11.3 Å². The van der Waals surface area contributed by atoms with Crippen molar-refractivity contribution in [1.29, 1.82) is 0 Å². The van der Waals surface area contributed by atoms with Crippen LogP contribution in [0.3, 0.4) is 0 Å². The van der Waals surface area contributed by atoms with E-state index in [-0.39, 0.29) is 0 Å². The molecule has 2 rings (SSSR count). The third-order valence-corrected chi connectivity index (χ3v) is 4.46. The first-order valence-corrected chi connectivity index (χ1v) is 7.67. The summed E-state index contributed by atoms with van der Waals surface area (Å²) in [6.07, 6.45) is 2.81. The topological polar surface area (TPSA) is 24.5 Å². The summed E-state index contributed by atoms with van der Waals surface area (Å²) in [7, 11) is 1.82. The van der Waals surface area contributed by atoms with Gasteiger partial charge >= 0.3 is 0 Å². The number of methoxy groups -OCH3 is 1. The van der Waals surface area contributed by atoms with E-state index in [1.54, 1.807) is 0 Å². The highest BCUT2D eigenvalue weighted by Gasteiger charge is 2.22. The van der Waals surface area contributed by atoms with Gasteiger partial charge in [-0.1, -0.05) is 6.92 Å². The van der Waals surface area contributed by atoms with Crippen molar-refractivity contribution in [3.8, 4) is 0 Å². The molecule has 0 spiro atoms. The van der Waals surface area contributed by atoms with Crippen molar-refractivity contribution in [3.05, 3.63) is 21.9 Å². The quantitative estimate of drug-likeness (QED) is 0.769. The van der Waals surface area contributed by atoms with Crippen LogP contribution in [-0.4, -0.2) is 37.7 Å². The lowest BCUT2D eigenvalue weighted by molar-refractivity contribution is 0.107. The highest BCUT2D eigenvalue weighted by Crippen LogP contribution is 2.21. The Labute approximate surface area is 114 Å². The van der Waals surface area contributed by atoms with Crippen molar-refractivity contribution in [2.75, 3.05) is 26.7 Å². The van der Waals surface area contributed by atoms with E-state index in [4.69, 9.17) is 4.74 Å². The molecule has 1 unspecified atom stereocenters. The number of hydrogen-bond acceptors (Lipinski definition) is 4. The van der Waals surface area contributed by atoms with Crippen molar-refractivity contribution in [2.45, 2.75) is 39.0 Å². The van der Waals surface area contributed by atoms with Crippen molar-refractivity contribution in [1.82, 2.24) is 10.2 Å². The third-order valence-electron chi connectivity index (χ3n) is 3.39. The standard InChI is InChI=1S/C14H24N2OS/c1-3-7-15-9-13-4-5-14(18-13)11-16-8-6-12(10-16)17-2/h4-5,12,15H,3,6-11H2,1-2H3. The van der Waals surface area contributed by atoms with Crippen molar-refractivity contribution in [3.63, 3.8) is 0 Å². The predicted molar refractivity (Wildman–Crippen MR) is 77.0 cm³/mol. The first-order valence-electron chi connectivity index (χ1n) is 6.85. The van der Waals surface area contributed by atoms with Crippen LogP contribution in [-0.2, 0) is 17.8 Å². The molecule has 0 amide bonds. The Bertz CT molecular complexity index is 353. The molecule has 0 aromatic carbocycles. The summed E-state index contributed by atoms with van der Waals surface area (Å²) in [6, 6.07) is 4.53. The van der Waals surface area contributed by atoms with Gasteiger partial charge in [-0.25, -0.2) is 0 Å². The highest BCUT2D eigenvalue weighted by molar-refractivity contribution is 7.11. The van der Waals surface area contributed by atoms with Crippen LogP contribution >= 0.6 is 11.3 Å². The first kappa shape index (κ1) is 14.0. The van der Waals surface area contributed by atoms with Gasteiger partial charge < -0.3 is 10.1 Å². The smallest absolute Gasteiger partial charge is 0.0710 e. The summed E-state index contributed by atoms with van der Waals surface area (Å²) in [5.74, 6) is 0. The zero-order chi connectivity index (χ0) is 12.8. The fourth-order valence-electron chi connectivity index (χ4n) is 2.34. The van der Waals surface area contributed by atoms with Gasteiger partial charge in [0.25, 0.3) is 0 Å². The average Bonchev–Trinajstić information content (AvgIpc) is 3.00. The molecule has 3 nitrogen and oxygen atoms in total. The van der Waals surface area contributed by atoms with Crippen LogP contribution in [0.15, 0.2) is 12.1 Å². The van der Waals surface area contributed by atoms with Gasteiger partial charge in [0.1, 0.15) is 0 Å². The number of rotatable bonds is 7. The third kappa shape index (κ3) is 4.05. The summed E-state index contributed by atoms with van der Waals surface area (Å²) in [6.45, 7) is 7.65. The Hall–Kier alpha value is -0.420. The minimum atomic E-state index is 0.440. The molecule has 1 fully saturated rings. The van der Waals surface area contributed by atoms with E-state index in [2.05, 4.69) is 29.3 Å². The van der Waals surface area contributed by atoms with Crippen LogP contribution < -0.4 is 5.32 Å². The van der Waals surface area contributed by atoms with E-state index in [0.29, 0.717) is 6.10 Å². The molecule has 1 aromatic heterocycles. The Morgan fingerprint density at radius 2 is 2.28 bits per heavy atom. The fourth-order valence-corrected chi connectivity index (χ4v) is 3.37. The summed E-state index contributed by atoms with van der Waals surface area (Å²) >= 11 is 1.93. The molecule has 0 bridgehead atoms. The Morgan fingerprint density at radius 1 is 1.44 bits per heavy atom. The number of hydrogen-bond donors (Lipinski definition) is 1. The molecule has 18 heavy (non-hydrogen) atoms. The number of thiophene rings is 1. The average molecular weight is 268 g/mol. The van der Waals surface area contributed by atoms with E-state index in [0.717, 1.165) is 26.2 Å². The maximum absolute atomic E-state index is 5.40. The van der Waals surface area contributed by atoms with E-state index < -0.39 is 0 Å². The van der Waals surface area contributed by atoms with Gasteiger partial charge in [0.15, 0.2) is 0 Å². The van der Waals surface area contributed by atoms with Gasteiger partial charge in [0.05, 0.1) is 6.10 Å². The molecule has 1 atom stereocenters. The molecule has 1 saturated heterocycles. The molecule has 2 heterocycles. The van der Waals surface area contributed by atoms with Gasteiger partial charge in [-0.15, -0.1) is 11.3 Å². The van der Waals surface area contributed by atoms with E-state index in [1.807, 2.05) is 18.4 Å². The van der Waals surface area contributed by atoms with E-state index in [1.165, 1.54) is 29.1 Å². The van der Waals surface area contributed by atoms with Gasteiger partial charge in [-0.2, -0.15) is 0 Å². The van der Waals surface area contributed by atoms with Crippen molar-refractivity contribution in [2.24, 2.45) is 0 Å². The molecule has 1 N–H and O–H groups in total. The van der Waals surface area contributed by atoms with Crippen LogP contribution in [0.25, 0.3) is 0 Å². The molecular formula is C14H24N2OS. The molecule has 102 valence electrons. The largest absolute Gasteiger partial charge is 0.380 e. The number of likely N-dealkylation sites (tertiary alicyclic amines) is 1.